The van der Waals surface area contributed by atoms with E-state index < -0.39 is 0 Å². The smallest absolute Gasteiger partial charge is 0.180 e. The molecule has 9 aromatic heterocycles. The van der Waals surface area contributed by atoms with Crippen LogP contribution in [0.15, 0.2) is 209 Å². The van der Waals surface area contributed by atoms with Crippen molar-refractivity contribution in [3.63, 3.8) is 0 Å². The molecule has 14 rings (SSSR count). The lowest BCUT2D eigenvalue weighted by Gasteiger charge is -2.01. The van der Waals surface area contributed by atoms with E-state index in [1.165, 1.54) is 90.1 Å². The van der Waals surface area contributed by atoms with Crippen LogP contribution in [0.25, 0.3) is 32.8 Å². The number of pyridine rings is 1. The SMILES string of the molecule is CC(=O)C1COc2ccccc21.CC(=O)c1c[nH]c2ccccc12.CC(=O)c1cc[nH]c1.CC(=O)c1cccnc1.CC(=O)c1ccn[nH]1.CC(=O)c1cnoc1.CC(=O)c1cnsc1.CC(=O)c1coc2ccccc12.CC(=O)c1cscn1.CC(=O)c1n[nH]c2ccccc12. The van der Waals surface area contributed by atoms with E-state index in [9.17, 15) is 47.9 Å². The van der Waals surface area contributed by atoms with E-state index in [2.05, 4.69) is 54.4 Å². The van der Waals surface area contributed by atoms with E-state index in [1.54, 1.807) is 105 Å². The van der Waals surface area contributed by atoms with Crippen molar-refractivity contribution in [2.24, 2.45) is 0 Å². The molecule has 0 amide bonds. The Labute approximate surface area is 565 Å². The third-order valence-electron chi connectivity index (χ3n) is 13.2. The fourth-order valence-electron chi connectivity index (χ4n) is 8.05. The summed E-state index contributed by atoms with van der Waals surface area (Å²) in [6.07, 6.45) is 15.7. The van der Waals surface area contributed by atoms with Gasteiger partial charge in [0, 0.05) is 118 Å². The summed E-state index contributed by atoms with van der Waals surface area (Å²) in [5, 5.41) is 22.5. The lowest BCUT2D eigenvalue weighted by atomic mass is 9.98. The minimum absolute atomic E-state index is 0.00699. The molecular weight excluding hydrogens is 1280 g/mol. The molecule has 10 heterocycles. The summed E-state index contributed by atoms with van der Waals surface area (Å²) in [6.45, 7) is 15.8. The van der Waals surface area contributed by atoms with Gasteiger partial charge in [0.25, 0.3) is 0 Å². The van der Waals surface area contributed by atoms with Crippen LogP contribution in [0, 0.1) is 0 Å². The Balaban J connectivity index is 0.000000196. The van der Waals surface area contributed by atoms with Gasteiger partial charge in [-0.3, -0.25) is 63.1 Å². The molecule has 4 aromatic carbocycles. The van der Waals surface area contributed by atoms with Gasteiger partial charge < -0.3 is 23.6 Å². The van der Waals surface area contributed by atoms with Crippen LogP contribution in [-0.4, -0.2) is 114 Å². The fraction of sp³-hybridized carbons (Fsp3) is 0.167. The van der Waals surface area contributed by atoms with Crippen molar-refractivity contribution < 1.29 is 61.6 Å². The predicted octanol–water partition coefficient (Wildman–Crippen LogP) is 15.2. The minimum Gasteiger partial charge on any atom is -0.492 e. The van der Waals surface area contributed by atoms with Crippen LogP contribution in [0.2, 0.25) is 0 Å². The fourth-order valence-corrected chi connectivity index (χ4v) is 9.22. The highest BCUT2D eigenvalue weighted by atomic mass is 32.1. The Kier molecular flexibility index (Phi) is 30.9. The van der Waals surface area contributed by atoms with Crippen molar-refractivity contribution in [2.45, 2.75) is 75.2 Å². The molecule has 1 unspecified atom stereocenters. The summed E-state index contributed by atoms with van der Waals surface area (Å²) in [7, 11) is 0. The van der Waals surface area contributed by atoms with Crippen molar-refractivity contribution in [2.75, 3.05) is 6.61 Å². The van der Waals surface area contributed by atoms with Gasteiger partial charge in [-0.25, -0.2) is 9.36 Å². The minimum atomic E-state index is -0.0406. The number of H-pyrrole nitrogens is 4. The summed E-state index contributed by atoms with van der Waals surface area (Å²) < 4.78 is 18.7. The van der Waals surface area contributed by atoms with Gasteiger partial charge in [-0.2, -0.15) is 10.2 Å². The van der Waals surface area contributed by atoms with Crippen LogP contribution in [-0.2, 0) is 4.79 Å². The second-order valence-corrected chi connectivity index (χ2v) is 21.9. The third-order valence-corrected chi connectivity index (χ3v) is 14.4. The molecule has 23 nitrogen and oxygen atoms in total. The van der Waals surface area contributed by atoms with Gasteiger partial charge >= 0.3 is 0 Å². The van der Waals surface area contributed by atoms with Crippen molar-refractivity contribution in [1.29, 1.82) is 0 Å². The van der Waals surface area contributed by atoms with Crippen molar-refractivity contribution in [3.05, 3.63) is 256 Å². The maximum atomic E-state index is 11.1. The van der Waals surface area contributed by atoms with Crippen molar-refractivity contribution in [3.8, 4) is 5.75 Å². The Bertz CT molecular complexity index is 4170. The summed E-state index contributed by atoms with van der Waals surface area (Å²) >= 11 is 2.73. The Morgan fingerprint density at radius 1 is 0.515 bits per heavy atom. The van der Waals surface area contributed by atoms with E-state index in [4.69, 9.17) is 9.15 Å². The number of nitrogens with zero attached hydrogens (tertiary/aromatic N) is 6. The van der Waals surface area contributed by atoms with Gasteiger partial charge in [-0.05, 0) is 109 Å². The molecule has 0 saturated heterocycles. The number of ether oxygens (including phenoxy) is 1. The maximum absolute atomic E-state index is 11.1. The molecule has 1 atom stereocenters. The summed E-state index contributed by atoms with van der Waals surface area (Å²) in [5.41, 5.74) is 11.1. The van der Waals surface area contributed by atoms with Crippen LogP contribution < -0.4 is 4.74 Å². The first-order valence-electron chi connectivity index (χ1n) is 29.4. The highest BCUT2D eigenvalue weighted by Crippen LogP contribution is 2.33. The van der Waals surface area contributed by atoms with Gasteiger partial charge in [0.05, 0.1) is 40.5 Å². The van der Waals surface area contributed by atoms with Gasteiger partial charge in [-0.15, -0.1) is 11.3 Å². The lowest BCUT2D eigenvalue weighted by Crippen LogP contribution is -2.09. The first-order valence-corrected chi connectivity index (χ1v) is 31.2. The number of hydrogen-bond donors (Lipinski definition) is 4. The number of ketones is 10. The number of para-hydroxylation sites is 4. The second kappa shape index (κ2) is 39.6. The molecule has 97 heavy (non-hydrogen) atoms. The number of carbonyl (C=O) groups excluding carboxylic acids is 10. The van der Waals surface area contributed by atoms with Crippen molar-refractivity contribution in [1.82, 2.24) is 49.9 Å². The van der Waals surface area contributed by atoms with Gasteiger partial charge in [-0.1, -0.05) is 78.0 Å². The second-order valence-electron chi connectivity index (χ2n) is 20.5. The summed E-state index contributed by atoms with van der Waals surface area (Å²) in [4.78, 5) is 121. The average molecular weight is 1350 g/mol. The number of hydrogen-bond acceptors (Lipinski definition) is 21. The van der Waals surface area contributed by atoms with Gasteiger partial charge in [0.15, 0.2) is 52.0 Å². The molecule has 25 heteroatoms. The zero-order chi connectivity index (χ0) is 70.8. The average Bonchev–Trinajstić information content (AvgIpc) is 1.75. The lowest BCUT2D eigenvalue weighted by molar-refractivity contribution is -0.118. The molecule has 0 bridgehead atoms. The number of rotatable bonds is 10. The number of aromatic nitrogens is 10. The third kappa shape index (κ3) is 24.8. The van der Waals surface area contributed by atoms with E-state index >= 15 is 0 Å². The van der Waals surface area contributed by atoms with Gasteiger partial charge in [0.2, 0.25) is 0 Å². The number of furan rings is 1. The summed E-state index contributed by atoms with van der Waals surface area (Å²) in [6, 6.07) is 37.5. The monoisotopic (exact) mass is 1350 g/mol. The molecular formula is C72H70N10O13S2. The largest absolute Gasteiger partial charge is 0.492 e. The number of aromatic amines is 4. The topological polar surface area (TPSA) is 347 Å². The molecule has 0 saturated carbocycles. The van der Waals surface area contributed by atoms with E-state index in [1.807, 2.05) is 97.1 Å². The molecule has 4 N–H and O–H groups in total. The zero-order valence-corrected chi connectivity index (χ0v) is 56.3. The molecule has 0 fully saturated rings. The quantitative estimate of drug-likeness (QED) is 0.0924. The zero-order valence-electron chi connectivity index (χ0n) is 54.6. The van der Waals surface area contributed by atoms with Crippen molar-refractivity contribution >= 4 is 113 Å². The molecule has 13 aromatic rings. The molecule has 0 spiro atoms. The Morgan fingerprint density at radius 2 is 1.16 bits per heavy atom. The number of fused-ring (bicyclic) bond motifs is 4. The van der Waals surface area contributed by atoms with E-state index in [0.29, 0.717) is 45.9 Å². The van der Waals surface area contributed by atoms with Crippen LogP contribution >= 0.6 is 22.9 Å². The van der Waals surface area contributed by atoms with Crippen LogP contribution in [0.5, 0.6) is 5.75 Å². The first kappa shape index (κ1) is 75.8. The molecule has 0 radical (unpaired) electrons. The van der Waals surface area contributed by atoms with Crippen LogP contribution in [0.4, 0.5) is 0 Å². The molecule has 1 aliphatic heterocycles. The van der Waals surface area contributed by atoms with E-state index in [-0.39, 0.29) is 63.8 Å². The standard InChI is InChI=1S/C10H9NO.C10H10O2.C10H8O2.C9H8N2O.C7H7NO.C6H7NO.C5H6N2O.C5H5NO2.2C5H5NOS/c1-7(12)9-6-11-10-5-3-2-4-8(9)10;2*1-7(11)9-6-12-10-5-3-2-4-8(9)10;1-6(12)9-7-4-2-3-5-8(7)10-11-9;1-6(9)7-3-2-4-8-5-7;1-5(8)6-2-3-7-4-6;1-4(8)5-2-3-6-7-5;1-4(7)5-2-6-8-3-5;1-4(7)5-2-8-3-6-5;1-4(7)5-2-6-8-3-5/h2-6,11H,1H3;2-5,9H,6H2,1H3;2-6H,1H3;2-5H,1H3,(H,10,11);2-5H,1H3;2-4,7H,1H3;2-3H,1H3,(H,6,7);3*2-3H,1H3. The predicted molar refractivity (Wildman–Crippen MR) is 370 cm³/mol. The van der Waals surface area contributed by atoms with E-state index in [0.717, 1.165) is 55.2 Å². The molecule has 1 aliphatic rings. The first-order chi connectivity index (χ1) is 46.5. The van der Waals surface area contributed by atoms with Crippen LogP contribution in [0.1, 0.15) is 174 Å². The number of carbonyl (C=O) groups is 10. The maximum Gasteiger partial charge on any atom is 0.180 e. The highest BCUT2D eigenvalue weighted by molar-refractivity contribution is 7.07. The number of nitrogens with one attached hydrogen (secondary N) is 4. The molecule has 0 aliphatic carbocycles. The Hall–Kier alpha value is -12.0. The summed E-state index contributed by atoms with van der Waals surface area (Å²) in [5.74, 6) is 1.41. The highest BCUT2D eigenvalue weighted by Gasteiger charge is 2.27. The number of Topliss-reactive ketones (excluding diaryl/α,β-unsaturated/α-hetero) is 10. The number of thiazole rings is 1. The van der Waals surface area contributed by atoms with Crippen LogP contribution in [0.3, 0.4) is 0 Å². The number of benzene rings is 4. The van der Waals surface area contributed by atoms with Gasteiger partial charge in [0.1, 0.15) is 53.3 Å². The normalized spacial score (nSPS) is 10.9. The Morgan fingerprint density at radius 3 is 1.64 bits per heavy atom. The molecule has 498 valence electrons.